The molecule has 2 rings (SSSR count). The summed E-state index contributed by atoms with van der Waals surface area (Å²) >= 11 is 0. The van der Waals surface area contributed by atoms with Crippen LogP contribution in [0.3, 0.4) is 0 Å². The maximum atomic E-state index is 3.99. The maximum absolute atomic E-state index is 3.99. The molecule has 118 valence electrons. The molecule has 2 saturated carbocycles. The highest BCUT2D eigenvalue weighted by Crippen LogP contribution is 2.46. The average molecular weight is 280 g/mol. The van der Waals surface area contributed by atoms with Crippen molar-refractivity contribution in [2.75, 3.05) is 6.54 Å². The Morgan fingerprint density at radius 3 is 2.15 bits per heavy atom. The smallest absolute Gasteiger partial charge is 0.0149 e. The summed E-state index contributed by atoms with van der Waals surface area (Å²) in [5.74, 6) is 2.78. The molecule has 0 aromatic carbocycles. The molecular formula is C19H37N. The second-order valence-corrected chi connectivity index (χ2v) is 8.32. The molecule has 1 heteroatoms. The molecule has 0 saturated heterocycles. The van der Waals surface area contributed by atoms with Crippen LogP contribution in [0.5, 0.6) is 0 Å². The molecular weight excluding hydrogens is 242 g/mol. The summed E-state index contributed by atoms with van der Waals surface area (Å²) in [5, 5.41) is 3.99. The largest absolute Gasteiger partial charge is 0.313 e. The molecule has 3 unspecified atom stereocenters. The lowest BCUT2D eigenvalue weighted by Crippen LogP contribution is -2.51. The first-order chi connectivity index (χ1) is 9.55. The fourth-order valence-electron chi connectivity index (χ4n) is 5.23. The predicted molar refractivity (Wildman–Crippen MR) is 88.9 cm³/mol. The van der Waals surface area contributed by atoms with Crippen LogP contribution < -0.4 is 5.32 Å². The van der Waals surface area contributed by atoms with Gasteiger partial charge in [0.25, 0.3) is 0 Å². The average Bonchev–Trinajstić information content (AvgIpc) is 2.38. The molecule has 0 amide bonds. The molecule has 0 spiro atoms. The first-order valence-electron chi connectivity index (χ1n) is 9.28. The van der Waals surface area contributed by atoms with Crippen LogP contribution in [0, 0.1) is 23.2 Å². The van der Waals surface area contributed by atoms with Crippen molar-refractivity contribution in [2.24, 2.45) is 23.2 Å². The fraction of sp³-hybridized carbons (Fsp3) is 1.00. The zero-order chi connectivity index (χ0) is 14.6. The van der Waals surface area contributed by atoms with Gasteiger partial charge in [-0.25, -0.2) is 0 Å². The van der Waals surface area contributed by atoms with Gasteiger partial charge in [-0.1, -0.05) is 47.0 Å². The summed E-state index contributed by atoms with van der Waals surface area (Å²) in [6, 6.07) is 0.771. The minimum atomic E-state index is 0.564. The van der Waals surface area contributed by atoms with Crippen LogP contribution in [0.2, 0.25) is 0 Å². The molecule has 1 N–H and O–H groups in total. The summed E-state index contributed by atoms with van der Waals surface area (Å²) in [7, 11) is 0. The van der Waals surface area contributed by atoms with Crippen molar-refractivity contribution in [3.8, 4) is 0 Å². The lowest BCUT2D eigenvalue weighted by atomic mass is 9.62. The Labute approximate surface area is 127 Å². The SMILES string of the molecule is CCCNC(C1CC(C)CC(C)C1)C1(C)CCCCC1. The molecule has 2 aliphatic rings. The van der Waals surface area contributed by atoms with E-state index in [1.807, 2.05) is 0 Å². The topological polar surface area (TPSA) is 12.0 Å². The van der Waals surface area contributed by atoms with E-state index in [1.54, 1.807) is 0 Å². The molecule has 0 heterocycles. The standard InChI is InChI=1S/C19H37N/c1-5-11-20-18(19(4)9-7-6-8-10-19)17-13-15(2)12-16(3)14-17/h15-18,20H,5-14H2,1-4H3. The van der Waals surface area contributed by atoms with Gasteiger partial charge in [-0.05, 0) is 68.2 Å². The number of rotatable bonds is 5. The highest BCUT2D eigenvalue weighted by molar-refractivity contribution is 4.96. The van der Waals surface area contributed by atoms with E-state index in [0.29, 0.717) is 5.41 Å². The van der Waals surface area contributed by atoms with Crippen LogP contribution in [0.1, 0.15) is 85.5 Å². The van der Waals surface area contributed by atoms with E-state index in [1.165, 1.54) is 64.3 Å². The molecule has 2 aliphatic carbocycles. The Bertz CT molecular complexity index is 269. The first-order valence-corrected chi connectivity index (χ1v) is 9.28. The monoisotopic (exact) mass is 279 g/mol. The van der Waals surface area contributed by atoms with Gasteiger partial charge in [-0.2, -0.15) is 0 Å². The summed E-state index contributed by atoms with van der Waals surface area (Å²) in [6.07, 6.45) is 12.9. The van der Waals surface area contributed by atoms with E-state index < -0.39 is 0 Å². The van der Waals surface area contributed by atoms with Gasteiger partial charge >= 0.3 is 0 Å². The molecule has 0 aromatic rings. The minimum absolute atomic E-state index is 0.564. The van der Waals surface area contributed by atoms with Crippen molar-refractivity contribution >= 4 is 0 Å². The zero-order valence-electron chi connectivity index (χ0n) is 14.4. The highest BCUT2D eigenvalue weighted by Gasteiger charge is 2.41. The van der Waals surface area contributed by atoms with Gasteiger partial charge < -0.3 is 5.32 Å². The normalized spacial score (nSPS) is 35.7. The van der Waals surface area contributed by atoms with Crippen molar-refractivity contribution in [3.05, 3.63) is 0 Å². The third kappa shape index (κ3) is 4.00. The van der Waals surface area contributed by atoms with E-state index >= 15 is 0 Å². The highest BCUT2D eigenvalue weighted by atomic mass is 14.9. The molecule has 0 aliphatic heterocycles. The second kappa shape index (κ2) is 7.29. The maximum Gasteiger partial charge on any atom is 0.0149 e. The van der Waals surface area contributed by atoms with E-state index in [-0.39, 0.29) is 0 Å². The Balaban J connectivity index is 2.09. The Hall–Kier alpha value is -0.0400. The number of nitrogens with one attached hydrogen (secondary N) is 1. The lowest BCUT2D eigenvalue weighted by Gasteiger charge is -2.48. The molecule has 0 bridgehead atoms. The molecule has 1 nitrogen and oxygen atoms in total. The van der Waals surface area contributed by atoms with Crippen molar-refractivity contribution in [1.82, 2.24) is 5.32 Å². The van der Waals surface area contributed by atoms with Gasteiger partial charge in [-0.15, -0.1) is 0 Å². The van der Waals surface area contributed by atoms with Crippen LogP contribution in [-0.4, -0.2) is 12.6 Å². The van der Waals surface area contributed by atoms with Gasteiger partial charge in [0.05, 0.1) is 0 Å². The Morgan fingerprint density at radius 2 is 1.60 bits per heavy atom. The third-order valence-corrected chi connectivity index (χ3v) is 6.05. The number of hydrogen-bond donors (Lipinski definition) is 1. The first kappa shape index (κ1) is 16.3. The van der Waals surface area contributed by atoms with E-state index in [4.69, 9.17) is 0 Å². The summed E-state index contributed by atoms with van der Waals surface area (Å²) < 4.78 is 0. The molecule has 2 fully saturated rings. The van der Waals surface area contributed by atoms with E-state index in [9.17, 15) is 0 Å². The predicted octanol–water partition coefficient (Wildman–Crippen LogP) is 5.40. The van der Waals surface area contributed by atoms with Gasteiger partial charge in [0.2, 0.25) is 0 Å². The minimum Gasteiger partial charge on any atom is -0.313 e. The Morgan fingerprint density at radius 1 is 1.00 bits per heavy atom. The van der Waals surface area contributed by atoms with Crippen LogP contribution >= 0.6 is 0 Å². The summed E-state index contributed by atoms with van der Waals surface area (Å²) in [4.78, 5) is 0. The number of hydrogen-bond acceptors (Lipinski definition) is 1. The van der Waals surface area contributed by atoms with Gasteiger partial charge in [0.1, 0.15) is 0 Å². The lowest BCUT2D eigenvalue weighted by molar-refractivity contribution is 0.0627. The van der Waals surface area contributed by atoms with Crippen LogP contribution in [0.15, 0.2) is 0 Å². The Kier molecular flexibility index (Phi) is 5.95. The molecule has 3 atom stereocenters. The molecule has 0 radical (unpaired) electrons. The van der Waals surface area contributed by atoms with Crippen LogP contribution in [0.4, 0.5) is 0 Å². The van der Waals surface area contributed by atoms with Gasteiger partial charge in [-0.3, -0.25) is 0 Å². The van der Waals surface area contributed by atoms with Gasteiger partial charge in [0.15, 0.2) is 0 Å². The van der Waals surface area contributed by atoms with E-state index in [2.05, 4.69) is 33.0 Å². The second-order valence-electron chi connectivity index (χ2n) is 8.32. The molecule has 0 aromatic heterocycles. The summed E-state index contributed by atoms with van der Waals surface area (Å²) in [5.41, 5.74) is 0.564. The van der Waals surface area contributed by atoms with Gasteiger partial charge in [0, 0.05) is 6.04 Å². The molecule has 20 heavy (non-hydrogen) atoms. The zero-order valence-corrected chi connectivity index (χ0v) is 14.4. The van der Waals surface area contributed by atoms with Crippen LogP contribution in [-0.2, 0) is 0 Å². The van der Waals surface area contributed by atoms with Crippen molar-refractivity contribution in [3.63, 3.8) is 0 Å². The third-order valence-electron chi connectivity index (χ3n) is 6.05. The van der Waals surface area contributed by atoms with Crippen molar-refractivity contribution in [1.29, 1.82) is 0 Å². The fourth-order valence-corrected chi connectivity index (χ4v) is 5.23. The van der Waals surface area contributed by atoms with Crippen molar-refractivity contribution in [2.45, 2.75) is 91.5 Å². The van der Waals surface area contributed by atoms with E-state index in [0.717, 1.165) is 23.8 Å². The quantitative estimate of drug-likeness (QED) is 0.710. The summed E-state index contributed by atoms with van der Waals surface area (Å²) in [6.45, 7) is 11.0. The van der Waals surface area contributed by atoms with Crippen molar-refractivity contribution < 1.29 is 0 Å². The van der Waals surface area contributed by atoms with Crippen LogP contribution in [0.25, 0.3) is 0 Å².